The van der Waals surface area contributed by atoms with Gasteiger partial charge in [0.05, 0.1) is 0 Å². The lowest BCUT2D eigenvalue weighted by molar-refractivity contribution is -0.159. The Morgan fingerprint density at radius 3 is 2.56 bits per heavy atom. The van der Waals surface area contributed by atoms with Gasteiger partial charge in [-0.2, -0.15) is 13.2 Å². The van der Waals surface area contributed by atoms with Gasteiger partial charge in [0.15, 0.2) is 6.61 Å². The molecule has 0 aromatic heterocycles. The monoisotopic (exact) mass is 233 g/mol. The maximum absolute atomic E-state index is 11.7. The molecule has 3 nitrogen and oxygen atoms in total. The van der Waals surface area contributed by atoms with Gasteiger partial charge in [-0.15, -0.1) is 0 Å². The summed E-state index contributed by atoms with van der Waals surface area (Å²) < 4.78 is 39.2. The maximum atomic E-state index is 11.7. The summed E-state index contributed by atoms with van der Waals surface area (Å²) >= 11 is 0. The van der Waals surface area contributed by atoms with Crippen molar-refractivity contribution in [1.82, 2.24) is 0 Å². The zero-order valence-corrected chi connectivity index (χ0v) is 8.47. The number of hydrogen-bond acceptors (Lipinski definition) is 2. The topological polar surface area (TPSA) is 38.3 Å². The Morgan fingerprint density at radius 2 is 2.00 bits per heavy atom. The molecule has 16 heavy (non-hydrogen) atoms. The molecule has 0 bridgehead atoms. The molecule has 0 atom stereocenters. The number of amides is 1. The maximum Gasteiger partial charge on any atom is 0.422 e. The first-order valence-electron chi connectivity index (χ1n) is 4.44. The van der Waals surface area contributed by atoms with E-state index in [9.17, 15) is 18.0 Å². The van der Waals surface area contributed by atoms with Crippen LogP contribution in [-0.2, 0) is 4.74 Å². The standard InChI is InChI=1S/C10H10F3NO2/c1-7-4-2-3-5-8(7)14-9(15)16-6-10(11,12)13/h2-5H,6H2,1H3,(H,14,15). The summed E-state index contributed by atoms with van der Waals surface area (Å²) in [5.74, 6) is 0. The van der Waals surface area contributed by atoms with Crippen molar-refractivity contribution in [3.05, 3.63) is 29.8 Å². The molecule has 0 aliphatic rings. The number of benzene rings is 1. The summed E-state index contributed by atoms with van der Waals surface area (Å²) in [7, 11) is 0. The molecule has 0 aliphatic carbocycles. The molecule has 1 aromatic rings. The number of para-hydroxylation sites is 1. The van der Waals surface area contributed by atoms with Crippen LogP contribution in [0.2, 0.25) is 0 Å². The smallest absolute Gasteiger partial charge is 0.422 e. The highest BCUT2D eigenvalue weighted by molar-refractivity contribution is 5.85. The molecule has 0 spiro atoms. The Balaban J connectivity index is 2.50. The lowest BCUT2D eigenvalue weighted by atomic mass is 10.2. The van der Waals surface area contributed by atoms with Crippen molar-refractivity contribution in [2.75, 3.05) is 11.9 Å². The second-order valence-electron chi connectivity index (χ2n) is 3.13. The Kier molecular flexibility index (Phi) is 3.76. The molecule has 0 aliphatic heterocycles. The number of carbonyl (C=O) groups is 1. The van der Waals surface area contributed by atoms with Crippen molar-refractivity contribution >= 4 is 11.8 Å². The van der Waals surface area contributed by atoms with E-state index in [1.165, 1.54) is 0 Å². The predicted octanol–water partition coefficient (Wildman–Crippen LogP) is 3.11. The van der Waals surface area contributed by atoms with Gasteiger partial charge in [0.2, 0.25) is 0 Å². The number of alkyl halides is 3. The lowest BCUT2D eigenvalue weighted by Gasteiger charge is -2.10. The number of rotatable bonds is 2. The Morgan fingerprint density at radius 1 is 1.38 bits per heavy atom. The summed E-state index contributed by atoms with van der Waals surface area (Å²) in [6.07, 6.45) is -5.63. The lowest BCUT2D eigenvalue weighted by Crippen LogP contribution is -2.23. The van der Waals surface area contributed by atoms with Crippen LogP contribution in [0, 0.1) is 6.92 Å². The molecule has 1 N–H and O–H groups in total. The minimum absolute atomic E-state index is 0.426. The molecule has 88 valence electrons. The van der Waals surface area contributed by atoms with Gasteiger partial charge < -0.3 is 4.74 Å². The molecule has 0 radical (unpaired) electrons. The van der Waals surface area contributed by atoms with Crippen LogP contribution in [0.5, 0.6) is 0 Å². The van der Waals surface area contributed by atoms with Gasteiger partial charge in [-0.25, -0.2) is 4.79 Å². The highest BCUT2D eigenvalue weighted by Gasteiger charge is 2.29. The fourth-order valence-electron chi connectivity index (χ4n) is 1.01. The SMILES string of the molecule is Cc1ccccc1NC(=O)OCC(F)(F)F. The molecule has 1 amide bonds. The molecule has 1 rings (SSSR count). The summed E-state index contributed by atoms with van der Waals surface area (Å²) in [6.45, 7) is 0.129. The van der Waals surface area contributed by atoms with E-state index < -0.39 is 18.9 Å². The van der Waals surface area contributed by atoms with E-state index in [1.807, 2.05) is 0 Å². The molecule has 0 saturated carbocycles. The van der Waals surface area contributed by atoms with Gasteiger partial charge in [-0.3, -0.25) is 5.32 Å². The summed E-state index contributed by atoms with van der Waals surface area (Å²) in [5, 5.41) is 2.22. The predicted molar refractivity (Wildman–Crippen MR) is 52.2 cm³/mol. The van der Waals surface area contributed by atoms with Crippen LogP contribution in [0.1, 0.15) is 5.56 Å². The zero-order valence-electron chi connectivity index (χ0n) is 8.47. The van der Waals surface area contributed by atoms with Crippen molar-refractivity contribution in [2.24, 2.45) is 0 Å². The minimum Gasteiger partial charge on any atom is -0.440 e. The second-order valence-corrected chi connectivity index (χ2v) is 3.13. The van der Waals surface area contributed by atoms with Crippen LogP contribution in [0.4, 0.5) is 23.7 Å². The van der Waals surface area contributed by atoms with Crippen molar-refractivity contribution < 1.29 is 22.7 Å². The van der Waals surface area contributed by atoms with Crippen LogP contribution in [0.25, 0.3) is 0 Å². The van der Waals surface area contributed by atoms with Crippen LogP contribution in [0.15, 0.2) is 24.3 Å². The van der Waals surface area contributed by atoms with Crippen LogP contribution in [-0.4, -0.2) is 18.9 Å². The number of halogens is 3. The zero-order chi connectivity index (χ0) is 12.2. The third kappa shape index (κ3) is 4.20. The molecular weight excluding hydrogens is 223 g/mol. The third-order valence-corrected chi connectivity index (χ3v) is 1.75. The van der Waals surface area contributed by atoms with Crippen LogP contribution >= 0.6 is 0 Å². The summed E-state index contributed by atoms with van der Waals surface area (Å²) in [4.78, 5) is 11.0. The minimum atomic E-state index is -4.51. The number of ether oxygens (including phenoxy) is 1. The molecular formula is C10H10F3NO2. The summed E-state index contributed by atoms with van der Waals surface area (Å²) in [6, 6.07) is 6.71. The first-order chi connectivity index (χ1) is 7.38. The van der Waals surface area contributed by atoms with E-state index in [1.54, 1.807) is 31.2 Å². The Bertz CT molecular complexity index is 377. The number of aryl methyl sites for hydroxylation is 1. The molecule has 0 unspecified atom stereocenters. The van der Waals surface area contributed by atoms with Gasteiger partial charge in [0.25, 0.3) is 0 Å². The quantitative estimate of drug-likeness (QED) is 0.852. The molecule has 0 fully saturated rings. The largest absolute Gasteiger partial charge is 0.440 e. The average Bonchev–Trinajstić information content (AvgIpc) is 2.18. The highest BCUT2D eigenvalue weighted by Crippen LogP contribution is 2.16. The summed E-state index contributed by atoms with van der Waals surface area (Å²) in [5.41, 5.74) is 1.17. The van der Waals surface area contributed by atoms with Gasteiger partial charge >= 0.3 is 12.3 Å². The van der Waals surface area contributed by atoms with E-state index >= 15 is 0 Å². The average molecular weight is 233 g/mol. The third-order valence-electron chi connectivity index (χ3n) is 1.75. The van der Waals surface area contributed by atoms with Gasteiger partial charge in [0.1, 0.15) is 0 Å². The number of carbonyl (C=O) groups excluding carboxylic acids is 1. The molecule has 0 saturated heterocycles. The van der Waals surface area contributed by atoms with E-state index in [0.29, 0.717) is 5.69 Å². The van der Waals surface area contributed by atoms with Crippen LogP contribution < -0.4 is 5.32 Å². The normalized spacial score (nSPS) is 11.0. The van der Waals surface area contributed by atoms with Crippen molar-refractivity contribution in [1.29, 1.82) is 0 Å². The van der Waals surface area contributed by atoms with Crippen molar-refractivity contribution in [3.63, 3.8) is 0 Å². The fraction of sp³-hybridized carbons (Fsp3) is 0.300. The van der Waals surface area contributed by atoms with Gasteiger partial charge in [-0.05, 0) is 18.6 Å². The number of nitrogens with one attached hydrogen (secondary N) is 1. The van der Waals surface area contributed by atoms with Crippen molar-refractivity contribution in [2.45, 2.75) is 13.1 Å². The number of anilines is 1. The van der Waals surface area contributed by atoms with Gasteiger partial charge in [0, 0.05) is 5.69 Å². The Hall–Kier alpha value is -1.72. The van der Waals surface area contributed by atoms with E-state index in [2.05, 4.69) is 10.1 Å². The van der Waals surface area contributed by atoms with Gasteiger partial charge in [-0.1, -0.05) is 18.2 Å². The Labute approximate surface area is 90.2 Å². The molecule has 6 heteroatoms. The van der Waals surface area contributed by atoms with Crippen LogP contribution in [0.3, 0.4) is 0 Å². The molecule has 1 aromatic carbocycles. The van der Waals surface area contributed by atoms with E-state index in [4.69, 9.17) is 0 Å². The van der Waals surface area contributed by atoms with Crippen molar-refractivity contribution in [3.8, 4) is 0 Å². The van der Waals surface area contributed by atoms with E-state index in [0.717, 1.165) is 5.56 Å². The van der Waals surface area contributed by atoms with E-state index in [-0.39, 0.29) is 0 Å². The molecule has 0 heterocycles. The first-order valence-corrected chi connectivity index (χ1v) is 4.44. The first kappa shape index (κ1) is 12.4. The highest BCUT2D eigenvalue weighted by atomic mass is 19.4. The number of hydrogen-bond donors (Lipinski definition) is 1. The fourth-order valence-corrected chi connectivity index (χ4v) is 1.01. The second kappa shape index (κ2) is 4.87.